The predicted molar refractivity (Wildman–Crippen MR) is 77.6 cm³/mol. The first-order valence-corrected chi connectivity index (χ1v) is 7.63. The van der Waals surface area contributed by atoms with Gasteiger partial charge in [0.1, 0.15) is 11.9 Å². The fourth-order valence-corrected chi connectivity index (χ4v) is 3.18. The Labute approximate surface area is 122 Å². The lowest BCUT2D eigenvalue weighted by atomic mass is 10.2. The fourth-order valence-electron chi connectivity index (χ4n) is 2.36. The SMILES string of the molecule is Cc1nccc([C@H]2CN(Cc3scnc3C)CCO2)n1. The summed E-state index contributed by atoms with van der Waals surface area (Å²) in [5.74, 6) is 0.793. The highest BCUT2D eigenvalue weighted by Gasteiger charge is 2.23. The monoisotopic (exact) mass is 290 g/mol. The Morgan fingerprint density at radius 1 is 1.40 bits per heavy atom. The summed E-state index contributed by atoms with van der Waals surface area (Å²) in [6.07, 6.45) is 1.84. The van der Waals surface area contributed by atoms with Gasteiger partial charge >= 0.3 is 0 Å². The molecule has 2 aromatic heterocycles. The van der Waals surface area contributed by atoms with Gasteiger partial charge in [0.05, 0.1) is 23.5 Å². The maximum atomic E-state index is 5.85. The molecule has 0 radical (unpaired) electrons. The van der Waals surface area contributed by atoms with Crippen molar-refractivity contribution in [3.8, 4) is 0 Å². The molecule has 1 aliphatic heterocycles. The molecule has 0 saturated carbocycles. The molecule has 0 unspecified atom stereocenters. The standard InChI is InChI=1S/C14H18N4OS/c1-10-14(20-9-16-10)8-18-5-6-19-13(7-18)12-3-4-15-11(2)17-12/h3-4,9,13H,5-8H2,1-2H3/t13-/m1/s1. The molecule has 2 aromatic rings. The van der Waals surface area contributed by atoms with E-state index in [1.165, 1.54) is 4.88 Å². The molecule has 1 fully saturated rings. The third kappa shape index (κ3) is 3.03. The van der Waals surface area contributed by atoms with Gasteiger partial charge in [-0.25, -0.2) is 15.0 Å². The van der Waals surface area contributed by atoms with E-state index in [9.17, 15) is 0 Å². The Morgan fingerprint density at radius 3 is 3.05 bits per heavy atom. The minimum Gasteiger partial charge on any atom is -0.369 e. The number of hydrogen-bond acceptors (Lipinski definition) is 6. The van der Waals surface area contributed by atoms with Gasteiger partial charge in [-0.2, -0.15) is 0 Å². The Morgan fingerprint density at radius 2 is 2.30 bits per heavy atom. The van der Waals surface area contributed by atoms with E-state index in [4.69, 9.17) is 4.74 Å². The number of ether oxygens (including phenoxy) is 1. The second-order valence-corrected chi connectivity index (χ2v) is 5.92. The Kier molecular flexibility index (Phi) is 4.05. The topological polar surface area (TPSA) is 51.1 Å². The van der Waals surface area contributed by atoms with Crippen LogP contribution >= 0.6 is 11.3 Å². The second-order valence-electron chi connectivity index (χ2n) is 4.98. The summed E-state index contributed by atoms with van der Waals surface area (Å²) < 4.78 is 5.85. The van der Waals surface area contributed by atoms with Crippen molar-refractivity contribution in [1.29, 1.82) is 0 Å². The number of hydrogen-bond donors (Lipinski definition) is 0. The van der Waals surface area contributed by atoms with Crippen molar-refractivity contribution in [3.63, 3.8) is 0 Å². The van der Waals surface area contributed by atoms with Crippen LogP contribution in [0.5, 0.6) is 0 Å². The van der Waals surface area contributed by atoms with Crippen molar-refractivity contribution in [2.24, 2.45) is 0 Å². The Hall–Kier alpha value is -1.37. The predicted octanol–water partition coefficient (Wildman–Crippen LogP) is 2.12. The maximum absolute atomic E-state index is 5.85. The summed E-state index contributed by atoms with van der Waals surface area (Å²) in [4.78, 5) is 16.7. The summed E-state index contributed by atoms with van der Waals surface area (Å²) in [6.45, 7) is 7.49. The second kappa shape index (κ2) is 5.95. The third-order valence-corrected chi connectivity index (χ3v) is 4.41. The highest BCUT2D eigenvalue weighted by atomic mass is 32.1. The number of morpholine rings is 1. The zero-order valence-electron chi connectivity index (χ0n) is 11.7. The van der Waals surface area contributed by atoms with Gasteiger partial charge in [-0.15, -0.1) is 11.3 Å². The Balaban J connectivity index is 1.69. The van der Waals surface area contributed by atoms with E-state index >= 15 is 0 Å². The van der Waals surface area contributed by atoms with E-state index in [1.807, 2.05) is 18.5 Å². The van der Waals surface area contributed by atoms with Crippen molar-refractivity contribution < 1.29 is 4.74 Å². The smallest absolute Gasteiger partial charge is 0.125 e. The van der Waals surface area contributed by atoms with Crippen molar-refractivity contribution in [1.82, 2.24) is 19.9 Å². The quantitative estimate of drug-likeness (QED) is 0.866. The number of rotatable bonds is 3. The van der Waals surface area contributed by atoms with Crippen molar-refractivity contribution in [2.45, 2.75) is 26.5 Å². The first-order chi connectivity index (χ1) is 9.72. The Bertz CT molecular complexity index is 586. The molecule has 0 aromatic carbocycles. The van der Waals surface area contributed by atoms with Gasteiger partial charge in [-0.3, -0.25) is 4.90 Å². The first-order valence-electron chi connectivity index (χ1n) is 6.75. The lowest BCUT2D eigenvalue weighted by molar-refractivity contribution is -0.0348. The van der Waals surface area contributed by atoms with Crippen LogP contribution in [0.25, 0.3) is 0 Å². The van der Waals surface area contributed by atoms with Gasteiger partial charge in [0.25, 0.3) is 0 Å². The average molecular weight is 290 g/mol. The van der Waals surface area contributed by atoms with Crippen LogP contribution in [-0.4, -0.2) is 39.5 Å². The maximum Gasteiger partial charge on any atom is 0.125 e. The molecule has 1 saturated heterocycles. The van der Waals surface area contributed by atoms with E-state index in [2.05, 4.69) is 26.8 Å². The van der Waals surface area contributed by atoms with Crippen molar-refractivity contribution in [3.05, 3.63) is 39.9 Å². The van der Waals surface area contributed by atoms with Gasteiger partial charge in [0, 0.05) is 30.7 Å². The first kappa shape index (κ1) is 13.6. The van der Waals surface area contributed by atoms with E-state index in [0.29, 0.717) is 0 Å². The molecule has 0 N–H and O–H groups in total. The van der Waals surface area contributed by atoms with Gasteiger partial charge in [-0.05, 0) is 19.9 Å². The molecule has 0 amide bonds. The summed E-state index contributed by atoms with van der Waals surface area (Å²) >= 11 is 1.72. The number of aryl methyl sites for hydroxylation is 2. The largest absolute Gasteiger partial charge is 0.369 e. The van der Waals surface area contributed by atoms with Crippen LogP contribution in [0.2, 0.25) is 0 Å². The minimum atomic E-state index is 0.0404. The van der Waals surface area contributed by atoms with Crippen LogP contribution in [-0.2, 0) is 11.3 Å². The van der Waals surface area contributed by atoms with Crippen LogP contribution in [0.15, 0.2) is 17.8 Å². The zero-order valence-corrected chi connectivity index (χ0v) is 12.6. The molecular formula is C14H18N4OS. The molecule has 20 heavy (non-hydrogen) atoms. The molecule has 1 atom stereocenters. The molecule has 3 rings (SSSR count). The summed E-state index contributed by atoms with van der Waals surface area (Å²) in [7, 11) is 0. The minimum absolute atomic E-state index is 0.0404. The van der Waals surface area contributed by atoms with Gasteiger partial charge in [0.2, 0.25) is 0 Å². The molecule has 0 bridgehead atoms. The molecule has 0 aliphatic carbocycles. The zero-order chi connectivity index (χ0) is 13.9. The fraction of sp³-hybridized carbons (Fsp3) is 0.500. The lowest BCUT2D eigenvalue weighted by Gasteiger charge is -2.32. The highest BCUT2D eigenvalue weighted by molar-refractivity contribution is 7.09. The summed E-state index contributed by atoms with van der Waals surface area (Å²) in [5, 5.41) is 0. The molecule has 3 heterocycles. The van der Waals surface area contributed by atoms with Crippen LogP contribution < -0.4 is 0 Å². The normalized spacial score (nSPS) is 20.2. The van der Waals surface area contributed by atoms with E-state index in [0.717, 1.165) is 43.5 Å². The number of nitrogens with zero attached hydrogens (tertiary/aromatic N) is 4. The summed E-state index contributed by atoms with van der Waals surface area (Å²) in [6, 6.07) is 1.94. The van der Waals surface area contributed by atoms with Crippen LogP contribution in [0, 0.1) is 13.8 Å². The molecule has 5 nitrogen and oxygen atoms in total. The third-order valence-electron chi connectivity index (χ3n) is 3.49. The van der Waals surface area contributed by atoms with Gasteiger partial charge in [-0.1, -0.05) is 0 Å². The molecule has 1 aliphatic rings. The van der Waals surface area contributed by atoms with E-state index in [1.54, 1.807) is 17.5 Å². The average Bonchev–Trinajstić information content (AvgIpc) is 2.85. The van der Waals surface area contributed by atoms with E-state index in [-0.39, 0.29) is 6.10 Å². The highest BCUT2D eigenvalue weighted by Crippen LogP contribution is 2.23. The van der Waals surface area contributed by atoms with Crippen molar-refractivity contribution in [2.75, 3.05) is 19.7 Å². The summed E-state index contributed by atoms with van der Waals surface area (Å²) in [5.41, 5.74) is 4.02. The number of aromatic nitrogens is 3. The van der Waals surface area contributed by atoms with Crippen LogP contribution in [0.1, 0.15) is 28.2 Å². The molecule has 6 heteroatoms. The van der Waals surface area contributed by atoms with Gasteiger partial charge in [0.15, 0.2) is 0 Å². The van der Waals surface area contributed by atoms with Crippen molar-refractivity contribution >= 4 is 11.3 Å². The molecule has 0 spiro atoms. The van der Waals surface area contributed by atoms with Crippen LogP contribution in [0.3, 0.4) is 0 Å². The molecule has 106 valence electrons. The van der Waals surface area contributed by atoms with Crippen LogP contribution in [0.4, 0.5) is 0 Å². The van der Waals surface area contributed by atoms with Gasteiger partial charge < -0.3 is 4.74 Å². The molecular weight excluding hydrogens is 272 g/mol. The number of thiazole rings is 1. The lowest BCUT2D eigenvalue weighted by Crippen LogP contribution is -2.38. The van der Waals surface area contributed by atoms with E-state index < -0.39 is 0 Å².